The van der Waals surface area contributed by atoms with E-state index in [1.807, 2.05) is 18.7 Å². The second-order valence-corrected chi connectivity index (χ2v) is 6.47. The molecule has 2 rings (SSSR count). The number of aryl methyl sites for hydroxylation is 1. The van der Waals surface area contributed by atoms with Crippen molar-refractivity contribution in [3.05, 3.63) is 17.5 Å². The lowest BCUT2D eigenvalue weighted by molar-refractivity contribution is -0.130. The minimum Gasteiger partial charge on any atom is -0.342 e. The van der Waals surface area contributed by atoms with Crippen LogP contribution in [0.1, 0.15) is 42.4 Å². The van der Waals surface area contributed by atoms with Gasteiger partial charge in [0, 0.05) is 18.8 Å². The summed E-state index contributed by atoms with van der Waals surface area (Å²) in [6, 6.07) is 1.64. The highest BCUT2D eigenvalue weighted by molar-refractivity contribution is 7.99. The number of rotatable bonds is 5. The fraction of sp³-hybridized carbons (Fsp3) is 0.600. The van der Waals surface area contributed by atoms with Gasteiger partial charge in [-0.2, -0.15) is 0 Å². The molecule has 0 spiro atoms. The molecule has 1 saturated heterocycles. The lowest BCUT2D eigenvalue weighted by Crippen LogP contribution is -2.42. The van der Waals surface area contributed by atoms with Crippen LogP contribution in [-0.4, -0.2) is 52.1 Å². The molecular weight excluding hydrogens is 300 g/mol. The average molecular weight is 322 g/mol. The van der Waals surface area contributed by atoms with E-state index in [1.165, 1.54) is 18.2 Å². The molecule has 7 heteroatoms. The van der Waals surface area contributed by atoms with E-state index in [9.17, 15) is 9.59 Å². The van der Waals surface area contributed by atoms with Crippen LogP contribution >= 0.6 is 11.8 Å². The van der Waals surface area contributed by atoms with Crippen LogP contribution in [-0.2, 0) is 4.79 Å². The molecule has 0 atom stereocenters. The van der Waals surface area contributed by atoms with E-state index in [0.717, 1.165) is 37.4 Å². The van der Waals surface area contributed by atoms with Gasteiger partial charge in [-0.3, -0.25) is 9.59 Å². The second kappa shape index (κ2) is 8.12. The Bertz CT molecular complexity index is 544. The predicted molar refractivity (Wildman–Crippen MR) is 85.9 cm³/mol. The number of likely N-dealkylation sites (tertiary alicyclic amines) is 1. The molecule has 0 aliphatic carbocycles. The molecular formula is C15H22N4O2S. The second-order valence-electron chi connectivity index (χ2n) is 5.23. The first-order valence-electron chi connectivity index (χ1n) is 7.64. The average Bonchev–Trinajstić information content (AvgIpc) is 2.53. The third-order valence-corrected chi connectivity index (χ3v) is 4.18. The number of amides is 2. The summed E-state index contributed by atoms with van der Waals surface area (Å²) in [6.07, 6.45) is 3.26. The molecule has 0 bridgehead atoms. The molecule has 1 aromatic heterocycles. The third-order valence-electron chi connectivity index (χ3n) is 3.45. The fourth-order valence-electron chi connectivity index (χ4n) is 2.35. The van der Waals surface area contributed by atoms with Crippen molar-refractivity contribution in [2.24, 2.45) is 0 Å². The van der Waals surface area contributed by atoms with Crippen LogP contribution in [0.5, 0.6) is 0 Å². The summed E-state index contributed by atoms with van der Waals surface area (Å²) < 4.78 is 0. The SMILES string of the molecule is CCSc1nc(C)cc(C(=O)NCC(=O)N2CCCCC2)n1. The molecule has 0 aromatic carbocycles. The molecule has 6 nitrogen and oxygen atoms in total. The molecule has 1 aliphatic heterocycles. The molecule has 1 fully saturated rings. The van der Waals surface area contributed by atoms with Gasteiger partial charge in [0.2, 0.25) is 5.91 Å². The highest BCUT2D eigenvalue weighted by Crippen LogP contribution is 2.13. The third kappa shape index (κ3) is 4.69. The van der Waals surface area contributed by atoms with Crippen molar-refractivity contribution in [2.45, 2.75) is 38.3 Å². The van der Waals surface area contributed by atoms with Crippen molar-refractivity contribution in [2.75, 3.05) is 25.4 Å². The quantitative estimate of drug-likeness (QED) is 0.659. The van der Waals surface area contributed by atoms with Crippen molar-refractivity contribution >= 4 is 23.6 Å². The van der Waals surface area contributed by atoms with Gasteiger partial charge < -0.3 is 10.2 Å². The van der Waals surface area contributed by atoms with Gasteiger partial charge in [0.25, 0.3) is 5.91 Å². The van der Waals surface area contributed by atoms with Crippen LogP contribution in [0.4, 0.5) is 0 Å². The van der Waals surface area contributed by atoms with Crippen molar-refractivity contribution in [1.29, 1.82) is 0 Å². The van der Waals surface area contributed by atoms with Crippen LogP contribution in [0.25, 0.3) is 0 Å². The van der Waals surface area contributed by atoms with Crippen LogP contribution in [0.2, 0.25) is 0 Å². The van der Waals surface area contributed by atoms with Crippen molar-refractivity contribution in [3.8, 4) is 0 Å². The van der Waals surface area contributed by atoms with Crippen molar-refractivity contribution < 1.29 is 9.59 Å². The van der Waals surface area contributed by atoms with Gasteiger partial charge in [0.15, 0.2) is 5.16 Å². The maximum Gasteiger partial charge on any atom is 0.270 e. The summed E-state index contributed by atoms with van der Waals surface area (Å²) in [5, 5.41) is 3.26. The molecule has 0 unspecified atom stereocenters. The molecule has 1 aromatic rings. The number of carbonyl (C=O) groups excluding carboxylic acids is 2. The standard InChI is InChI=1S/C15H22N4O2S/c1-3-22-15-17-11(2)9-12(18-15)14(21)16-10-13(20)19-7-5-4-6-8-19/h9H,3-8,10H2,1-2H3,(H,16,21). The van der Waals surface area contributed by atoms with Crippen LogP contribution in [0.15, 0.2) is 11.2 Å². The van der Waals surface area contributed by atoms with E-state index in [4.69, 9.17) is 0 Å². The minimum absolute atomic E-state index is 0.0259. The molecule has 1 aliphatic rings. The Morgan fingerprint density at radius 1 is 1.27 bits per heavy atom. The highest BCUT2D eigenvalue weighted by atomic mass is 32.2. The largest absolute Gasteiger partial charge is 0.342 e. The Hall–Kier alpha value is -1.63. The zero-order chi connectivity index (χ0) is 15.9. The van der Waals surface area contributed by atoms with Crippen molar-refractivity contribution in [1.82, 2.24) is 20.2 Å². The summed E-state index contributed by atoms with van der Waals surface area (Å²) in [7, 11) is 0. The van der Waals surface area contributed by atoms with Gasteiger partial charge in [0.05, 0.1) is 6.54 Å². The molecule has 120 valence electrons. The monoisotopic (exact) mass is 322 g/mol. The zero-order valence-corrected chi connectivity index (χ0v) is 13.9. The topological polar surface area (TPSA) is 75.2 Å². The minimum atomic E-state index is -0.325. The van der Waals surface area contributed by atoms with E-state index in [2.05, 4.69) is 15.3 Å². The van der Waals surface area contributed by atoms with Gasteiger partial charge in [-0.15, -0.1) is 0 Å². The summed E-state index contributed by atoms with van der Waals surface area (Å²) >= 11 is 1.49. The van der Waals surface area contributed by atoms with Gasteiger partial charge in [0.1, 0.15) is 5.69 Å². The molecule has 0 radical (unpaired) electrons. The van der Waals surface area contributed by atoms with E-state index < -0.39 is 0 Å². The Kier molecular flexibility index (Phi) is 6.18. The van der Waals surface area contributed by atoms with Crippen LogP contribution < -0.4 is 5.32 Å². The van der Waals surface area contributed by atoms with Crippen LogP contribution in [0.3, 0.4) is 0 Å². The normalized spacial score (nSPS) is 14.7. The van der Waals surface area contributed by atoms with Crippen molar-refractivity contribution in [3.63, 3.8) is 0 Å². The maximum atomic E-state index is 12.2. The highest BCUT2D eigenvalue weighted by Gasteiger charge is 2.18. The summed E-state index contributed by atoms with van der Waals surface area (Å²) in [5.41, 5.74) is 1.06. The number of piperidine rings is 1. The predicted octanol–water partition coefficient (Wildman–Crippen LogP) is 1.64. The lowest BCUT2D eigenvalue weighted by atomic mass is 10.1. The van der Waals surface area contributed by atoms with E-state index in [1.54, 1.807) is 6.07 Å². The summed E-state index contributed by atoms with van der Waals surface area (Å²) in [6.45, 7) is 5.44. The number of nitrogens with zero attached hydrogens (tertiary/aromatic N) is 3. The Labute approximate surface area is 135 Å². The Morgan fingerprint density at radius 3 is 2.68 bits per heavy atom. The van der Waals surface area contributed by atoms with Crippen LogP contribution in [0, 0.1) is 6.92 Å². The van der Waals surface area contributed by atoms with Gasteiger partial charge in [-0.25, -0.2) is 9.97 Å². The molecule has 1 N–H and O–H groups in total. The number of hydrogen-bond acceptors (Lipinski definition) is 5. The van der Waals surface area contributed by atoms with E-state index >= 15 is 0 Å². The van der Waals surface area contributed by atoms with E-state index in [0.29, 0.717) is 10.9 Å². The van der Waals surface area contributed by atoms with Gasteiger partial charge in [-0.1, -0.05) is 18.7 Å². The number of hydrogen-bond donors (Lipinski definition) is 1. The zero-order valence-electron chi connectivity index (χ0n) is 13.1. The van der Waals surface area contributed by atoms with E-state index in [-0.39, 0.29) is 18.4 Å². The lowest BCUT2D eigenvalue weighted by Gasteiger charge is -2.26. The molecule has 2 heterocycles. The number of aromatic nitrogens is 2. The summed E-state index contributed by atoms with van der Waals surface area (Å²) in [5.74, 6) is 0.494. The fourth-order valence-corrected chi connectivity index (χ4v) is 2.98. The first-order valence-corrected chi connectivity index (χ1v) is 8.63. The van der Waals surface area contributed by atoms with Gasteiger partial charge in [-0.05, 0) is 38.0 Å². The Balaban J connectivity index is 1.92. The first-order chi connectivity index (χ1) is 10.6. The smallest absolute Gasteiger partial charge is 0.270 e. The number of thioether (sulfide) groups is 1. The molecule has 22 heavy (non-hydrogen) atoms. The number of nitrogens with one attached hydrogen (secondary N) is 1. The molecule has 0 saturated carbocycles. The van der Waals surface area contributed by atoms with Gasteiger partial charge >= 0.3 is 0 Å². The Morgan fingerprint density at radius 2 is 2.00 bits per heavy atom. The maximum absolute atomic E-state index is 12.2. The summed E-state index contributed by atoms with van der Waals surface area (Å²) in [4.78, 5) is 34.5. The molecule has 2 amide bonds. The first kappa shape index (κ1) is 16.7. The number of carbonyl (C=O) groups is 2.